The highest BCUT2D eigenvalue weighted by molar-refractivity contribution is 4.94. The van der Waals surface area contributed by atoms with Crippen LogP contribution in [0.15, 0.2) is 12.2 Å². The second kappa shape index (κ2) is 14.8. The van der Waals surface area contributed by atoms with Crippen molar-refractivity contribution in [3.63, 3.8) is 0 Å². The third-order valence-electron chi connectivity index (χ3n) is 14.5. The van der Waals surface area contributed by atoms with E-state index in [0.29, 0.717) is 0 Å². The van der Waals surface area contributed by atoms with Gasteiger partial charge in [0.25, 0.3) is 0 Å². The van der Waals surface area contributed by atoms with E-state index in [1.54, 1.807) is 51.4 Å². The second-order valence-corrected chi connectivity index (χ2v) is 17.3. The number of hydrogen-bond acceptors (Lipinski definition) is 0. The van der Waals surface area contributed by atoms with E-state index < -0.39 is 0 Å². The molecule has 2 aliphatic carbocycles. The highest BCUT2D eigenvalue weighted by atomic mass is 15.2. The molecule has 0 aromatic heterocycles. The van der Waals surface area contributed by atoms with Gasteiger partial charge in [-0.1, -0.05) is 12.2 Å². The van der Waals surface area contributed by atoms with Crippen molar-refractivity contribution >= 4 is 0 Å². The topological polar surface area (TPSA) is 17.8 Å². The fraction of sp³-hybridized carbons (Fsp3) is 0.947. The summed E-state index contributed by atoms with van der Waals surface area (Å²) >= 11 is 0. The lowest BCUT2D eigenvalue weighted by molar-refractivity contribution is -0.914. The zero-order valence-corrected chi connectivity index (χ0v) is 27.6. The van der Waals surface area contributed by atoms with Crippen molar-refractivity contribution in [1.82, 2.24) is 0 Å². The van der Waals surface area contributed by atoms with Crippen molar-refractivity contribution in [2.24, 2.45) is 47.3 Å². The van der Waals surface area contributed by atoms with E-state index in [1.165, 1.54) is 130 Å². The molecule has 12 bridgehead atoms. The Morgan fingerprint density at radius 1 is 0.286 bits per heavy atom. The van der Waals surface area contributed by atoms with E-state index in [1.807, 2.05) is 19.6 Å². The Labute approximate surface area is 260 Å². The summed E-state index contributed by atoms with van der Waals surface area (Å²) in [7, 11) is 0. The molecule has 0 amide bonds. The van der Waals surface area contributed by atoms with Gasteiger partial charge in [0.2, 0.25) is 0 Å². The minimum atomic E-state index is 0.880. The maximum absolute atomic E-state index is 2.69. The van der Waals surface area contributed by atoms with Gasteiger partial charge in [0.15, 0.2) is 0 Å². The van der Waals surface area contributed by atoms with Gasteiger partial charge in [-0.3, -0.25) is 0 Å². The highest BCUT2D eigenvalue weighted by Crippen LogP contribution is 2.31. The van der Waals surface area contributed by atoms with Gasteiger partial charge in [0.1, 0.15) is 0 Å². The van der Waals surface area contributed by atoms with Crippen LogP contribution in [0.4, 0.5) is 0 Å². The lowest BCUT2D eigenvalue weighted by Crippen LogP contribution is -3.14. The molecule has 0 atom stereocenters. The highest BCUT2D eigenvalue weighted by Gasteiger charge is 2.36. The van der Waals surface area contributed by atoms with E-state index in [2.05, 4.69) is 12.2 Å². The molecule has 4 N–H and O–H groups in total. The Morgan fingerprint density at radius 3 is 0.786 bits per heavy atom. The summed E-state index contributed by atoms with van der Waals surface area (Å²) in [6.45, 7) is 17.8. The first-order valence-electron chi connectivity index (χ1n) is 19.7. The molecule has 238 valence electrons. The van der Waals surface area contributed by atoms with Crippen molar-refractivity contribution < 1.29 is 19.6 Å². The van der Waals surface area contributed by atoms with Crippen LogP contribution in [0.5, 0.6) is 0 Å². The molecule has 6 fully saturated rings. The number of quaternary nitrogens is 4. The molecule has 0 radical (unpaired) electrons. The summed E-state index contributed by atoms with van der Waals surface area (Å²) in [4.78, 5) is 7.88. The molecule has 0 aromatic rings. The average Bonchev–Trinajstić information content (AvgIpc) is 3.04. The molecule has 2 saturated carbocycles. The third-order valence-corrected chi connectivity index (χ3v) is 14.5. The first kappa shape index (κ1) is 30.2. The first-order chi connectivity index (χ1) is 20.7. The van der Waals surface area contributed by atoms with Crippen molar-refractivity contribution in [1.29, 1.82) is 0 Å². The Kier molecular flexibility index (Phi) is 10.6. The molecule has 0 spiro atoms. The normalized spacial score (nSPS) is 48.4. The van der Waals surface area contributed by atoms with E-state index >= 15 is 0 Å². The average molecular weight is 583 g/mol. The zero-order valence-electron chi connectivity index (χ0n) is 27.6. The summed E-state index contributed by atoms with van der Waals surface area (Å²) in [6, 6.07) is 0. The summed E-state index contributed by atoms with van der Waals surface area (Å²) in [5.74, 6) is 8.02. The minimum Gasteiger partial charge on any atom is -0.335 e. The molecule has 4 saturated heterocycles. The monoisotopic (exact) mass is 583 g/mol. The Hall–Kier alpha value is -0.420. The predicted molar refractivity (Wildman–Crippen MR) is 173 cm³/mol. The van der Waals surface area contributed by atoms with E-state index in [9.17, 15) is 0 Å². The predicted octanol–water partition coefficient (Wildman–Crippen LogP) is 1.35. The van der Waals surface area contributed by atoms with Crippen LogP contribution in [0, 0.1) is 47.3 Å². The number of allylic oxidation sites excluding steroid dienone is 2. The molecule has 4 heteroatoms. The SMILES string of the molecule is C1=C/C2CC[NH+](CC2)CC2CCC(CC2)C[NH+]2CCC(CC2)C2CC[NH+](CC2)CC2CCC(CC2)C[NH+]2CCC/1CC2. The van der Waals surface area contributed by atoms with Gasteiger partial charge < -0.3 is 19.6 Å². The molecule has 14 aliphatic heterocycles. The molecular formula is C38H70N4+4. The lowest BCUT2D eigenvalue weighted by atomic mass is 9.77. The van der Waals surface area contributed by atoms with E-state index in [0.717, 1.165) is 47.3 Å². The molecule has 42 heavy (non-hydrogen) atoms. The van der Waals surface area contributed by atoms with Gasteiger partial charge in [-0.2, -0.15) is 0 Å². The van der Waals surface area contributed by atoms with Crippen LogP contribution in [-0.4, -0.2) is 78.5 Å². The third kappa shape index (κ3) is 8.24. The fourth-order valence-corrected chi connectivity index (χ4v) is 11.6. The molecule has 0 unspecified atom stereocenters. The number of nitrogens with one attached hydrogen (secondary N) is 4. The van der Waals surface area contributed by atoms with E-state index in [-0.39, 0.29) is 0 Å². The summed E-state index contributed by atoms with van der Waals surface area (Å²) < 4.78 is 0. The maximum Gasteiger partial charge on any atom is 0.0799 e. The molecule has 14 heterocycles. The largest absolute Gasteiger partial charge is 0.335 e. The van der Waals surface area contributed by atoms with Gasteiger partial charge in [0, 0.05) is 49.4 Å². The standard InChI is InChI=1S/C38H66N4/c1-2-32-13-21-40(22-14-32)28-34-5-9-36(10-6-34)30-42-25-17-38(18-26-42)37-15-23-41(24-16-37)29-35-7-3-33(4-8-35)27-39-19-11-31(1)12-20-39/h1-2,31-38H,3-30H2/p+4/b2-1+. The van der Waals surface area contributed by atoms with Crippen LogP contribution in [-0.2, 0) is 0 Å². The van der Waals surface area contributed by atoms with Crippen molar-refractivity contribution in [3.05, 3.63) is 12.2 Å². The molecule has 16 aliphatic rings. The Morgan fingerprint density at radius 2 is 0.524 bits per heavy atom. The molecule has 16 rings (SSSR count). The summed E-state index contributed by atoms with van der Waals surface area (Å²) in [5.41, 5.74) is 0. The van der Waals surface area contributed by atoms with Gasteiger partial charge >= 0.3 is 0 Å². The van der Waals surface area contributed by atoms with Crippen LogP contribution in [0.2, 0.25) is 0 Å². The fourth-order valence-electron chi connectivity index (χ4n) is 11.6. The van der Waals surface area contributed by atoms with Crippen molar-refractivity contribution in [2.75, 3.05) is 78.5 Å². The molecular weight excluding hydrogens is 512 g/mol. The maximum atomic E-state index is 2.69. The number of rotatable bonds is 0. The van der Waals surface area contributed by atoms with Crippen molar-refractivity contribution in [3.8, 4) is 0 Å². The number of hydrogen-bond donors (Lipinski definition) is 4. The second-order valence-electron chi connectivity index (χ2n) is 17.3. The van der Waals surface area contributed by atoms with Crippen LogP contribution in [0.3, 0.4) is 0 Å². The quantitative estimate of drug-likeness (QED) is 0.309. The summed E-state index contributed by atoms with van der Waals surface area (Å²) in [6.07, 6.45) is 29.7. The van der Waals surface area contributed by atoms with Gasteiger partial charge in [-0.05, 0) is 101 Å². The lowest BCUT2D eigenvalue weighted by Gasteiger charge is -2.40. The molecule has 0 aromatic carbocycles. The number of piperidine rings is 4. The van der Waals surface area contributed by atoms with Crippen LogP contribution in [0.1, 0.15) is 103 Å². The van der Waals surface area contributed by atoms with Crippen LogP contribution >= 0.6 is 0 Å². The van der Waals surface area contributed by atoms with Crippen LogP contribution < -0.4 is 19.6 Å². The Bertz CT molecular complexity index is 742. The smallest absolute Gasteiger partial charge is 0.0799 e. The van der Waals surface area contributed by atoms with Crippen molar-refractivity contribution in [2.45, 2.75) is 103 Å². The van der Waals surface area contributed by atoms with Gasteiger partial charge in [-0.25, -0.2) is 0 Å². The zero-order chi connectivity index (χ0) is 28.1. The summed E-state index contributed by atoms with van der Waals surface area (Å²) in [5, 5.41) is 0. The van der Waals surface area contributed by atoms with Gasteiger partial charge in [-0.15, -0.1) is 0 Å². The van der Waals surface area contributed by atoms with Gasteiger partial charge in [0.05, 0.1) is 78.5 Å². The Balaban J connectivity index is 0.925. The van der Waals surface area contributed by atoms with Crippen LogP contribution in [0.25, 0.3) is 0 Å². The molecule has 4 nitrogen and oxygen atoms in total. The van der Waals surface area contributed by atoms with E-state index in [4.69, 9.17) is 0 Å². The minimum absolute atomic E-state index is 0.880. The first-order valence-corrected chi connectivity index (χ1v) is 19.7.